The summed E-state index contributed by atoms with van der Waals surface area (Å²) in [6.07, 6.45) is 4.57. The summed E-state index contributed by atoms with van der Waals surface area (Å²) in [5.41, 5.74) is 0.607. The van der Waals surface area contributed by atoms with Gasteiger partial charge in [0.25, 0.3) is 5.91 Å². The third kappa shape index (κ3) is 4.91. The van der Waals surface area contributed by atoms with Crippen LogP contribution >= 0.6 is 0 Å². The van der Waals surface area contributed by atoms with Gasteiger partial charge in [0.1, 0.15) is 5.82 Å². The standard InChI is InChI=1S/C17H26N4O2/c1-12-10-21(11-13(2)23-12)8-7-18-17(22)14-3-6-16(19-9-14)20-15-4-5-15/h3,6,9,12-13,15H,4-5,7-8,10-11H2,1-2H3,(H,18,22)(H,19,20)/t12-,13-/m0/s1. The number of hydrogen-bond acceptors (Lipinski definition) is 5. The highest BCUT2D eigenvalue weighted by Crippen LogP contribution is 2.23. The van der Waals surface area contributed by atoms with E-state index in [9.17, 15) is 4.79 Å². The molecule has 2 fully saturated rings. The molecule has 1 saturated heterocycles. The maximum absolute atomic E-state index is 12.1. The largest absolute Gasteiger partial charge is 0.373 e. The zero-order valence-electron chi connectivity index (χ0n) is 13.9. The Hall–Kier alpha value is -1.66. The Balaban J connectivity index is 1.41. The highest BCUT2D eigenvalue weighted by Gasteiger charge is 2.22. The van der Waals surface area contributed by atoms with E-state index in [0.717, 1.165) is 25.5 Å². The predicted octanol–water partition coefficient (Wildman–Crippen LogP) is 1.49. The molecule has 1 saturated carbocycles. The summed E-state index contributed by atoms with van der Waals surface area (Å²) in [7, 11) is 0. The van der Waals surface area contributed by atoms with E-state index in [1.807, 2.05) is 12.1 Å². The lowest BCUT2D eigenvalue weighted by Crippen LogP contribution is -2.47. The number of rotatable bonds is 6. The Morgan fingerprint density at radius 1 is 1.30 bits per heavy atom. The van der Waals surface area contributed by atoms with Crippen LogP contribution in [0.3, 0.4) is 0 Å². The minimum Gasteiger partial charge on any atom is -0.373 e. The minimum atomic E-state index is -0.0650. The molecule has 1 aromatic rings. The van der Waals surface area contributed by atoms with Crippen molar-refractivity contribution < 1.29 is 9.53 Å². The van der Waals surface area contributed by atoms with Gasteiger partial charge in [-0.05, 0) is 38.8 Å². The van der Waals surface area contributed by atoms with E-state index in [4.69, 9.17) is 4.74 Å². The number of nitrogens with one attached hydrogen (secondary N) is 2. The van der Waals surface area contributed by atoms with Crippen LogP contribution in [0.1, 0.15) is 37.0 Å². The van der Waals surface area contributed by atoms with Gasteiger partial charge in [-0.1, -0.05) is 0 Å². The van der Waals surface area contributed by atoms with E-state index >= 15 is 0 Å². The molecule has 2 atom stereocenters. The Kier molecular flexibility index (Phi) is 5.13. The fourth-order valence-corrected chi connectivity index (χ4v) is 2.95. The van der Waals surface area contributed by atoms with E-state index in [-0.39, 0.29) is 18.1 Å². The third-order valence-electron chi connectivity index (χ3n) is 4.16. The van der Waals surface area contributed by atoms with Crippen LogP contribution in [-0.2, 0) is 4.74 Å². The Morgan fingerprint density at radius 2 is 2.04 bits per heavy atom. The molecule has 2 N–H and O–H groups in total. The van der Waals surface area contributed by atoms with Crippen LogP contribution in [0.5, 0.6) is 0 Å². The molecule has 0 aromatic carbocycles. The maximum Gasteiger partial charge on any atom is 0.252 e. The zero-order chi connectivity index (χ0) is 16.2. The van der Waals surface area contributed by atoms with Crippen molar-refractivity contribution in [1.82, 2.24) is 15.2 Å². The van der Waals surface area contributed by atoms with Crippen molar-refractivity contribution in [3.8, 4) is 0 Å². The molecular weight excluding hydrogens is 292 g/mol. The lowest BCUT2D eigenvalue weighted by molar-refractivity contribution is -0.0672. The van der Waals surface area contributed by atoms with Crippen LogP contribution in [0, 0.1) is 0 Å². The van der Waals surface area contributed by atoms with Crippen molar-refractivity contribution in [2.75, 3.05) is 31.5 Å². The first kappa shape index (κ1) is 16.2. The van der Waals surface area contributed by atoms with Crippen molar-refractivity contribution in [3.63, 3.8) is 0 Å². The van der Waals surface area contributed by atoms with E-state index in [0.29, 0.717) is 18.2 Å². The van der Waals surface area contributed by atoms with Crippen LogP contribution in [0.25, 0.3) is 0 Å². The van der Waals surface area contributed by atoms with Gasteiger partial charge in [-0.3, -0.25) is 9.69 Å². The number of morpholine rings is 1. The molecule has 3 rings (SSSR count). The normalized spacial score (nSPS) is 25.1. The van der Waals surface area contributed by atoms with Gasteiger partial charge in [0.15, 0.2) is 0 Å². The average molecular weight is 318 g/mol. The molecule has 2 aliphatic rings. The molecule has 0 spiro atoms. The molecule has 1 amide bonds. The van der Waals surface area contributed by atoms with Crippen molar-refractivity contribution in [3.05, 3.63) is 23.9 Å². The summed E-state index contributed by atoms with van der Waals surface area (Å²) >= 11 is 0. The molecule has 0 radical (unpaired) electrons. The SMILES string of the molecule is C[C@H]1CN(CCNC(=O)c2ccc(NC3CC3)nc2)C[C@H](C)O1. The summed E-state index contributed by atoms with van der Waals surface area (Å²) in [5, 5.41) is 6.28. The maximum atomic E-state index is 12.1. The first-order chi connectivity index (χ1) is 11.1. The molecule has 0 bridgehead atoms. The molecule has 1 aliphatic carbocycles. The second-order valence-electron chi connectivity index (χ2n) is 6.62. The Bertz CT molecular complexity index is 520. The fourth-order valence-electron chi connectivity index (χ4n) is 2.95. The molecule has 2 heterocycles. The van der Waals surface area contributed by atoms with Crippen molar-refractivity contribution in [1.29, 1.82) is 0 Å². The van der Waals surface area contributed by atoms with Crippen molar-refractivity contribution in [2.24, 2.45) is 0 Å². The summed E-state index contributed by atoms with van der Waals surface area (Å²) in [4.78, 5) is 18.8. The summed E-state index contributed by atoms with van der Waals surface area (Å²) in [6, 6.07) is 4.27. The zero-order valence-corrected chi connectivity index (χ0v) is 13.9. The van der Waals surface area contributed by atoms with Crippen LogP contribution < -0.4 is 10.6 Å². The smallest absolute Gasteiger partial charge is 0.252 e. The Morgan fingerprint density at radius 3 is 2.65 bits per heavy atom. The highest BCUT2D eigenvalue weighted by atomic mass is 16.5. The predicted molar refractivity (Wildman–Crippen MR) is 89.7 cm³/mol. The number of pyridine rings is 1. The summed E-state index contributed by atoms with van der Waals surface area (Å²) < 4.78 is 5.71. The topological polar surface area (TPSA) is 66.5 Å². The van der Waals surface area contributed by atoms with Crippen LogP contribution in [-0.4, -0.2) is 60.2 Å². The van der Waals surface area contributed by atoms with Gasteiger partial charge in [-0.25, -0.2) is 4.98 Å². The molecule has 126 valence electrons. The first-order valence-electron chi connectivity index (χ1n) is 8.49. The van der Waals surface area contributed by atoms with Gasteiger partial charge in [0.2, 0.25) is 0 Å². The lowest BCUT2D eigenvalue weighted by atomic mass is 10.2. The summed E-state index contributed by atoms with van der Waals surface area (Å²) in [6.45, 7) is 7.50. The number of hydrogen-bond donors (Lipinski definition) is 2. The molecule has 1 aromatic heterocycles. The third-order valence-corrected chi connectivity index (χ3v) is 4.16. The average Bonchev–Trinajstić information content (AvgIpc) is 3.31. The number of carbonyl (C=O) groups is 1. The molecule has 6 nitrogen and oxygen atoms in total. The molecular formula is C17H26N4O2. The van der Waals surface area contributed by atoms with Crippen molar-refractivity contribution in [2.45, 2.75) is 44.9 Å². The second-order valence-corrected chi connectivity index (χ2v) is 6.62. The molecule has 1 aliphatic heterocycles. The van der Waals surface area contributed by atoms with Gasteiger partial charge in [-0.15, -0.1) is 0 Å². The fraction of sp³-hybridized carbons (Fsp3) is 0.647. The lowest BCUT2D eigenvalue weighted by Gasteiger charge is -2.35. The second kappa shape index (κ2) is 7.27. The molecule has 0 unspecified atom stereocenters. The minimum absolute atomic E-state index is 0.0650. The van der Waals surface area contributed by atoms with Crippen molar-refractivity contribution >= 4 is 11.7 Å². The molecule has 23 heavy (non-hydrogen) atoms. The van der Waals surface area contributed by atoms with Gasteiger partial charge in [-0.2, -0.15) is 0 Å². The van der Waals surface area contributed by atoms with Gasteiger partial charge in [0.05, 0.1) is 17.8 Å². The van der Waals surface area contributed by atoms with Crippen LogP contribution in [0.15, 0.2) is 18.3 Å². The van der Waals surface area contributed by atoms with E-state index in [2.05, 4.69) is 34.4 Å². The van der Waals surface area contributed by atoms with E-state index < -0.39 is 0 Å². The number of ether oxygens (including phenoxy) is 1. The quantitative estimate of drug-likeness (QED) is 0.832. The monoisotopic (exact) mass is 318 g/mol. The number of amides is 1. The summed E-state index contributed by atoms with van der Waals surface area (Å²) in [5.74, 6) is 0.783. The van der Waals surface area contributed by atoms with Gasteiger partial charge in [0, 0.05) is 38.4 Å². The van der Waals surface area contributed by atoms with Gasteiger partial charge >= 0.3 is 0 Å². The number of nitrogens with zero attached hydrogens (tertiary/aromatic N) is 2. The van der Waals surface area contributed by atoms with E-state index in [1.165, 1.54) is 12.8 Å². The first-order valence-corrected chi connectivity index (χ1v) is 8.49. The Labute approximate surface area is 137 Å². The van der Waals surface area contributed by atoms with Gasteiger partial charge < -0.3 is 15.4 Å². The van der Waals surface area contributed by atoms with Crippen LogP contribution in [0.2, 0.25) is 0 Å². The highest BCUT2D eigenvalue weighted by molar-refractivity contribution is 5.94. The number of anilines is 1. The van der Waals surface area contributed by atoms with Crippen LogP contribution in [0.4, 0.5) is 5.82 Å². The number of aromatic nitrogens is 1. The number of carbonyl (C=O) groups excluding carboxylic acids is 1. The molecule has 6 heteroatoms. The van der Waals surface area contributed by atoms with E-state index in [1.54, 1.807) is 6.20 Å².